The highest BCUT2D eigenvalue weighted by atomic mass is 35.5. The second-order valence-electron chi connectivity index (χ2n) is 4.15. The van der Waals surface area contributed by atoms with E-state index in [1.54, 1.807) is 6.07 Å². The highest BCUT2D eigenvalue weighted by Gasteiger charge is 2.23. The maximum absolute atomic E-state index is 13.0. The number of halogens is 2. The standard InChI is InChI=1S/C12H16ClFN2O/c13-11-7-9(14)1-2-10(11)12(8-17)16-5-3-15-4-6-16/h1-2,7,12,15,17H,3-6,8H2/t12-/m0/s1. The van der Waals surface area contributed by atoms with Gasteiger partial charge in [0.15, 0.2) is 0 Å². The lowest BCUT2D eigenvalue weighted by atomic mass is 10.0. The first-order valence-electron chi connectivity index (χ1n) is 5.73. The summed E-state index contributed by atoms with van der Waals surface area (Å²) >= 11 is 6.03. The molecular formula is C12H16ClFN2O. The van der Waals surface area contributed by atoms with Gasteiger partial charge in [0.25, 0.3) is 0 Å². The molecule has 2 rings (SSSR count). The van der Waals surface area contributed by atoms with Gasteiger partial charge in [0.2, 0.25) is 0 Å². The zero-order valence-corrected chi connectivity index (χ0v) is 10.3. The molecule has 0 amide bonds. The minimum atomic E-state index is -0.351. The Balaban J connectivity index is 2.21. The third kappa shape index (κ3) is 2.96. The normalized spacial score (nSPS) is 19.2. The largest absolute Gasteiger partial charge is 0.394 e. The van der Waals surface area contributed by atoms with Crippen molar-refractivity contribution in [3.05, 3.63) is 34.6 Å². The highest BCUT2D eigenvalue weighted by molar-refractivity contribution is 6.31. The fourth-order valence-electron chi connectivity index (χ4n) is 2.18. The zero-order valence-electron chi connectivity index (χ0n) is 9.50. The van der Waals surface area contributed by atoms with Gasteiger partial charge in [-0.15, -0.1) is 0 Å². The molecule has 1 heterocycles. The summed E-state index contributed by atoms with van der Waals surface area (Å²) in [6, 6.07) is 4.18. The molecule has 1 atom stereocenters. The van der Waals surface area contributed by atoms with Gasteiger partial charge < -0.3 is 10.4 Å². The van der Waals surface area contributed by atoms with Gasteiger partial charge in [-0.25, -0.2) is 4.39 Å². The molecule has 17 heavy (non-hydrogen) atoms. The zero-order chi connectivity index (χ0) is 12.3. The summed E-state index contributed by atoms with van der Waals surface area (Å²) in [5.74, 6) is -0.351. The molecule has 1 saturated heterocycles. The van der Waals surface area contributed by atoms with Crippen molar-refractivity contribution in [3.8, 4) is 0 Å². The molecule has 0 bridgehead atoms. The van der Waals surface area contributed by atoms with Crippen molar-refractivity contribution >= 4 is 11.6 Å². The average molecular weight is 259 g/mol. The SMILES string of the molecule is OC[C@@H](c1ccc(F)cc1Cl)N1CCNCC1. The number of rotatable bonds is 3. The Morgan fingerprint density at radius 3 is 2.71 bits per heavy atom. The number of hydrogen-bond donors (Lipinski definition) is 2. The van der Waals surface area contributed by atoms with Crippen molar-refractivity contribution in [2.24, 2.45) is 0 Å². The molecular weight excluding hydrogens is 243 g/mol. The van der Waals surface area contributed by atoms with Crippen LogP contribution in [0, 0.1) is 5.82 Å². The van der Waals surface area contributed by atoms with Crippen LogP contribution in [0.2, 0.25) is 5.02 Å². The number of hydrogen-bond acceptors (Lipinski definition) is 3. The molecule has 0 spiro atoms. The Morgan fingerprint density at radius 2 is 2.12 bits per heavy atom. The van der Waals surface area contributed by atoms with Crippen LogP contribution in [0.15, 0.2) is 18.2 Å². The predicted molar refractivity (Wildman–Crippen MR) is 65.7 cm³/mol. The van der Waals surface area contributed by atoms with Crippen LogP contribution in [0.3, 0.4) is 0 Å². The van der Waals surface area contributed by atoms with E-state index >= 15 is 0 Å². The van der Waals surface area contributed by atoms with Crippen molar-refractivity contribution in [2.45, 2.75) is 6.04 Å². The maximum atomic E-state index is 13.0. The van der Waals surface area contributed by atoms with E-state index in [0.29, 0.717) is 5.02 Å². The van der Waals surface area contributed by atoms with Crippen LogP contribution in [0.1, 0.15) is 11.6 Å². The minimum Gasteiger partial charge on any atom is -0.394 e. The topological polar surface area (TPSA) is 35.5 Å². The van der Waals surface area contributed by atoms with E-state index in [4.69, 9.17) is 11.6 Å². The van der Waals surface area contributed by atoms with E-state index in [0.717, 1.165) is 31.7 Å². The van der Waals surface area contributed by atoms with Crippen molar-refractivity contribution in [1.82, 2.24) is 10.2 Å². The van der Waals surface area contributed by atoms with Crippen LogP contribution in [0.25, 0.3) is 0 Å². The van der Waals surface area contributed by atoms with Gasteiger partial charge in [0.1, 0.15) is 5.82 Å². The highest BCUT2D eigenvalue weighted by Crippen LogP contribution is 2.28. The summed E-state index contributed by atoms with van der Waals surface area (Å²) in [6.07, 6.45) is 0. The Morgan fingerprint density at radius 1 is 1.41 bits per heavy atom. The predicted octanol–water partition coefficient (Wildman–Crippen LogP) is 1.42. The first kappa shape index (κ1) is 12.8. The van der Waals surface area contributed by atoms with E-state index in [1.807, 2.05) is 0 Å². The van der Waals surface area contributed by atoms with E-state index in [-0.39, 0.29) is 18.5 Å². The van der Waals surface area contributed by atoms with Crippen LogP contribution < -0.4 is 5.32 Å². The van der Waals surface area contributed by atoms with Crippen molar-refractivity contribution in [3.63, 3.8) is 0 Å². The summed E-state index contributed by atoms with van der Waals surface area (Å²) in [5, 5.41) is 13.1. The van der Waals surface area contributed by atoms with E-state index in [2.05, 4.69) is 10.2 Å². The molecule has 0 unspecified atom stereocenters. The molecule has 1 aliphatic rings. The first-order chi connectivity index (χ1) is 8.22. The minimum absolute atomic E-state index is 0.00858. The Kier molecular flexibility index (Phi) is 4.34. The Hall–Kier alpha value is -0.680. The molecule has 3 nitrogen and oxygen atoms in total. The third-order valence-electron chi connectivity index (χ3n) is 3.09. The van der Waals surface area contributed by atoms with E-state index in [1.165, 1.54) is 12.1 Å². The Bertz CT molecular complexity index is 383. The summed E-state index contributed by atoms with van der Waals surface area (Å²) in [6.45, 7) is 3.51. The van der Waals surface area contributed by atoms with Crippen molar-refractivity contribution in [1.29, 1.82) is 0 Å². The van der Waals surface area contributed by atoms with Gasteiger partial charge in [-0.05, 0) is 17.7 Å². The van der Waals surface area contributed by atoms with Gasteiger partial charge in [-0.1, -0.05) is 17.7 Å². The first-order valence-corrected chi connectivity index (χ1v) is 6.10. The van der Waals surface area contributed by atoms with E-state index in [9.17, 15) is 9.50 Å². The second kappa shape index (κ2) is 5.78. The van der Waals surface area contributed by atoms with Crippen molar-refractivity contribution < 1.29 is 9.50 Å². The van der Waals surface area contributed by atoms with Gasteiger partial charge in [-0.2, -0.15) is 0 Å². The molecule has 0 saturated carbocycles. The lowest BCUT2D eigenvalue weighted by Gasteiger charge is -2.34. The third-order valence-corrected chi connectivity index (χ3v) is 3.41. The quantitative estimate of drug-likeness (QED) is 0.861. The van der Waals surface area contributed by atoms with E-state index < -0.39 is 0 Å². The maximum Gasteiger partial charge on any atom is 0.124 e. The molecule has 5 heteroatoms. The van der Waals surface area contributed by atoms with Gasteiger partial charge in [0, 0.05) is 31.2 Å². The summed E-state index contributed by atoms with van der Waals surface area (Å²) in [4.78, 5) is 2.16. The van der Waals surface area contributed by atoms with Gasteiger partial charge in [-0.3, -0.25) is 4.90 Å². The number of benzene rings is 1. The van der Waals surface area contributed by atoms with Crippen LogP contribution in [-0.2, 0) is 0 Å². The number of piperazine rings is 1. The summed E-state index contributed by atoms with van der Waals surface area (Å²) in [7, 11) is 0. The number of aliphatic hydroxyl groups excluding tert-OH is 1. The Labute approximate surface area is 105 Å². The van der Waals surface area contributed by atoms with Gasteiger partial charge >= 0.3 is 0 Å². The smallest absolute Gasteiger partial charge is 0.124 e. The average Bonchev–Trinajstić information content (AvgIpc) is 2.34. The molecule has 0 aliphatic carbocycles. The molecule has 0 radical (unpaired) electrons. The van der Waals surface area contributed by atoms with Gasteiger partial charge in [0.05, 0.1) is 12.6 Å². The molecule has 1 aromatic carbocycles. The fraction of sp³-hybridized carbons (Fsp3) is 0.500. The fourth-order valence-corrected chi connectivity index (χ4v) is 2.47. The molecule has 0 aromatic heterocycles. The summed E-state index contributed by atoms with van der Waals surface area (Å²) < 4.78 is 13.0. The van der Waals surface area contributed by atoms with Crippen LogP contribution in [0.4, 0.5) is 4.39 Å². The second-order valence-corrected chi connectivity index (χ2v) is 4.56. The van der Waals surface area contributed by atoms with Crippen molar-refractivity contribution in [2.75, 3.05) is 32.8 Å². The molecule has 1 aliphatic heterocycles. The molecule has 1 fully saturated rings. The number of aliphatic hydroxyl groups is 1. The monoisotopic (exact) mass is 258 g/mol. The molecule has 2 N–H and O–H groups in total. The van der Waals surface area contributed by atoms with Crippen LogP contribution in [-0.4, -0.2) is 42.8 Å². The summed E-state index contributed by atoms with van der Waals surface area (Å²) in [5.41, 5.74) is 0.789. The lowest BCUT2D eigenvalue weighted by Crippen LogP contribution is -2.46. The number of nitrogens with one attached hydrogen (secondary N) is 1. The lowest BCUT2D eigenvalue weighted by molar-refractivity contribution is 0.111. The van der Waals surface area contributed by atoms with Crippen LogP contribution >= 0.6 is 11.6 Å². The van der Waals surface area contributed by atoms with Crippen LogP contribution in [0.5, 0.6) is 0 Å². The molecule has 1 aromatic rings. The number of nitrogens with zero attached hydrogens (tertiary/aromatic N) is 1. The molecule has 94 valence electrons.